The van der Waals surface area contributed by atoms with Crippen molar-refractivity contribution in [3.05, 3.63) is 59.0 Å². The number of anilines is 1. The number of hydrogen-bond donors (Lipinski definition) is 1. The molecule has 0 radical (unpaired) electrons. The van der Waals surface area contributed by atoms with Crippen molar-refractivity contribution >= 4 is 40.6 Å². The molecule has 162 valence electrons. The topological polar surface area (TPSA) is 84.9 Å². The fourth-order valence-electron chi connectivity index (χ4n) is 2.81. The number of nitrogens with zero attached hydrogens (tertiary/aromatic N) is 1. The van der Waals surface area contributed by atoms with Gasteiger partial charge in [-0.1, -0.05) is 19.1 Å². The number of carbonyl (C=O) groups excluding carboxylic acids is 3. The first-order valence-corrected chi connectivity index (χ1v) is 10.8. The molecule has 2 aromatic carbocycles. The maximum atomic E-state index is 12.6. The number of benzene rings is 2. The fraction of sp³-hybridized carbons (Fsp3) is 0.261. The Bertz CT molecular complexity index is 970. The summed E-state index contributed by atoms with van der Waals surface area (Å²) in [6.45, 7) is 4.76. The van der Waals surface area contributed by atoms with Gasteiger partial charge in [0.2, 0.25) is 5.91 Å². The van der Waals surface area contributed by atoms with Crippen molar-refractivity contribution in [2.24, 2.45) is 0 Å². The second-order valence-electron chi connectivity index (χ2n) is 6.69. The summed E-state index contributed by atoms with van der Waals surface area (Å²) in [7, 11) is 0. The van der Waals surface area contributed by atoms with Crippen LogP contribution >= 0.6 is 11.8 Å². The molecule has 0 saturated carbocycles. The highest BCUT2D eigenvalue weighted by Crippen LogP contribution is 2.32. The van der Waals surface area contributed by atoms with E-state index in [0.717, 1.165) is 34.4 Å². The maximum Gasteiger partial charge on any atom is 0.294 e. The van der Waals surface area contributed by atoms with E-state index in [-0.39, 0.29) is 11.4 Å². The molecule has 2 aromatic rings. The van der Waals surface area contributed by atoms with E-state index in [4.69, 9.17) is 9.47 Å². The van der Waals surface area contributed by atoms with E-state index in [0.29, 0.717) is 24.7 Å². The minimum atomic E-state index is -0.483. The van der Waals surface area contributed by atoms with Gasteiger partial charge in [0, 0.05) is 5.69 Å². The average molecular weight is 441 g/mol. The first-order valence-electron chi connectivity index (χ1n) is 10.0. The van der Waals surface area contributed by atoms with Gasteiger partial charge in [-0.05, 0) is 73.1 Å². The lowest BCUT2D eigenvalue weighted by atomic mass is 10.2. The second kappa shape index (κ2) is 10.7. The summed E-state index contributed by atoms with van der Waals surface area (Å²) in [5.74, 6) is 0.507. The minimum Gasteiger partial charge on any atom is -0.494 e. The van der Waals surface area contributed by atoms with Crippen molar-refractivity contribution in [1.82, 2.24) is 4.90 Å². The lowest BCUT2D eigenvalue weighted by molar-refractivity contribution is -0.127. The molecule has 3 amide bonds. The Balaban J connectivity index is 1.60. The van der Waals surface area contributed by atoms with Gasteiger partial charge < -0.3 is 14.8 Å². The van der Waals surface area contributed by atoms with Crippen LogP contribution in [0.4, 0.5) is 10.5 Å². The van der Waals surface area contributed by atoms with Gasteiger partial charge in [-0.25, -0.2) is 0 Å². The molecule has 1 N–H and O–H groups in total. The SMILES string of the molecule is CCCOc1ccc(/C=C2\SC(=O)N(CC(=O)Nc3ccc(OCC)cc3)C2=O)cc1. The Morgan fingerprint density at radius 1 is 1.00 bits per heavy atom. The number of rotatable bonds is 9. The summed E-state index contributed by atoms with van der Waals surface area (Å²) in [5, 5.41) is 2.21. The van der Waals surface area contributed by atoms with Gasteiger partial charge in [-0.3, -0.25) is 19.3 Å². The monoisotopic (exact) mass is 440 g/mol. The van der Waals surface area contributed by atoms with E-state index in [2.05, 4.69) is 5.32 Å². The Labute approximate surface area is 185 Å². The van der Waals surface area contributed by atoms with Gasteiger partial charge in [-0.2, -0.15) is 0 Å². The summed E-state index contributed by atoms with van der Waals surface area (Å²) in [6.07, 6.45) is 2.56. The molecule has 1 aliphatic heterocycles. The summed E-state index contributed by atoms with van der Waals surface area (Å²) in [5.41, 5.74) is 1.33. The Morgan fingerprint density at radius 2 is 1.65 bits per heavy atom. The molecule has 3 rings (SSSR count). The number of carbonyl (C=O) groups is 3. The number of thioether (sulfide) groups is 1. The third-order valence-electron chi connectivity index (χ3n) is 4.28. The number of nitrogens with one attached hydrogen (secondary N) is 1. The van der Waals surface area contributed by atoms with Crippen LogP contribution in [0.25, 0.3) is 6.08 Å². The van der Waals surface area contributed by atoms with Gasteiger partial charge in [0.15, 0.2) is 0 Å². The first kappa shape index (κ1) is 22.4. The zero-order valence-corrected chi connectivity index (χ0v) is 18.2. The van der Waals surface area contributed by atoms with Crippen molar-refractivity contribution in [2.45, 2.75) is 20.3 Å². The van der Waals surface area contributed by atoms with Crippen LogP contribution in [0.2, 0.25) is 0 Å². The van der Waals surface area contributed by atoms with Crippen LogP contribution in [0.1, 0.15) is 25.8 Å². The van der Waals surface area contributed by atoms with Gasteiger partial charge in [-0.15, -0.1) is 0 Å². The van der Waals surface area contributed by atoms with Crippen molar-refractivity contribution in [3.63, 3.8) is 0 Å². The second-order valence-corrected chi connectivity index (χ2v) is 7.68. The van der Waals surface area contributed by atoms with Crippen molar-refractivity contribution < 1.29 is 23.9 Å². The first-order chi connectivity index (χ1) is 15.0. The van der Waals surface area contributed by atoms with Gasteiger partial charge in [0.1, 0.15) is 18.0 Å². The van der Waals surface area contributed by atoms with Crippen molar-refractivity contribution in [2.75, 3.05) is 25.1 Å². The fourth-order valence-corrected chi connectivity index (χ4v) is 3.65. The third-order valence-corrected chi connectivity index (χ3v) is 5.18. The van der Waals surface area contributed by atoms with E-state index in [9.17, 15) is 14.4 Å². The summed E-state index contributed by atoms with van der Waals surface area (Å²) < 4.78 is 10.9. The predicted molar refractivity (Wildman–Crippen MR) is 121 cm³/mol. The van der Waals surface area contributed by atoms with E-state index in [1.54, 1.807) is 30.3 Å². The Morgan fingerprint density at radius 3 is 2.29 bits per heavy atom. The zero-order chi connectivity index (χ0) is 22.2. The van der Waals surface area contributed by atoms with E-state index in [1.807, 2.05) is 38.1 Å². The molecular weight excluding hydrogens is 416 g/mol. The smallest absolute Gasteiger partial charge is 0.294 e. The third kappa shape index (κ3) is 6.11. The highest BCUT2D eigenvalue weighted by molar-refractivity contribution is 8.18. The number of amides is 3. The molecule has 0 unspecified atom stereocenters. The average Bonchev–Trinajstić information content (AvgIpc) is 3.02. The molecule has 7 nitrogen and oxygen atoms in total. The highest BCUT2D eigenvalue weighted by atomic mass is 32.2. The maximum absolute atomic E-state index is 12.6. The van der Waals surface area contributed by atoms with E-state index < -0.39 is 17.1 Å². The lowest BCUT2D eigenvalue weighted by Crippen LogP contribution is -2.36. The van der Waals surface area contributed by atoms with Gasteiger partial charge in [0.25, 0.3) is 11.1 Å². The van der Waals surface area contributed by atoms with Crippen LogP contribution < -0.4 is 14.8 Å². The summed E-state index contributed by atoms with van der Waals surface area (Å²) >= 11 is 0.821. The standard InChI is InChI=1S/C23H24N2O5S/c1-3-13-30-19-9-5-16(6-10-19)14-20-22(27)25(23(28)31-20)15-21(26)24-17-7-11-18(12-8-17)29-4-2/h5-12,14H,3-4,13,15H2,1-2H3,(H,24,26)/b20-14-. The molecule has 1 heterocycles. The number of imide groups is 1. The molecule has 0 bridgehead atoms. The largest absolute Gasteiger partial charge is 0.494 e. The molecule has 1 saturated heterocycles. The quantitative estimate of drug-likeness (QED) is 0.576. The van der Waals surface area contributed by atoms with E-state index in [1.165, 1.54) is 0 Å². The van der Waals surface area contributed by atoms with Crippen molar-refractivity contribution in [1.29, 1.82) is 0 Å². The van der Waals surface area contributed by atoms with Gasteiger partial charge >= 0.3 is 0 Å². The molecule has 0 atom stereocenters. The Hall–Kier alpha value is -3.26. The zero-order valence-electron chi connectivity index (χ0n) is 17.4. The number of ether oxygens (including phenoxy) is 2. The highest BCUT2D eigenvalue weighted by Gasteiger charge is 2.36. The van der Waals surface area contributed by atoms with Crippen LogP contribution in [0.5, 0.6) is 11.5 Å². The summed E-state index contributed by atoms with van der Waals surface area (Å²) in [6, 6.07) is 14.1. The van der Waals surface area contributed by atoms with Crippen LogP contribution in [0.15, 0.2) is 53.4 Å². The van der Waals surface area contributed by atoms with Crippen molar-refractivity contribution in [3.8, 4) is 11.5 Å². The predicted octanol–water partition coefficient (Wildman–Crippen LogP) is 4.55. The number of hydrogen-bond acceptors (Lipinski definition) is 6. The normalized spacial score (nSPS) is 14.8. The molecule has 1 aliphatic rings. The van der Waals surface area contributed by atoms with Crippen LogP contribution in [-0.2, 0) is 9.59 Å². The molecule has 0 aromatic heterocycles. The summed E-state index contributed by atoms with van der Waals surface area (Å²) in [4.78, 5) is 38.5. The van der Waals surface area contributed by atoms with E-state index >= 15 is 0 Å². The molecular formula is C23H24N2O5S. The van der Waals surface area contributed by atoms with Crippen LogP contribution in [0, 0.1) is 0 Å². The molecule has 0 spiro atoms. The molecule has 0 aliphatic carbocycles. The van der Waals surface area contributed by atoms with Crippen LogP contribution in [0.3, 0.4) is 0 Å². The van der Waals surface area contributed by atoms with Gasteiger partial charge in [0.05, 0.1) is 18.1 Å². The minimum absolute atomic E-state index is 0.279. The molecule has 8 heteroatoms. The van der Waals surface area contributed by atoms with Crippen LogP contribution in [-0.4, -0.2) is 41.7 Å². The molecule has 31 heavy (non-hydrogen) atoms. The Kier molecular flexibility index (Phi) is 7.72. The lowest BCUT2D eigenvalue weighted by Gasteiger charge is -2.12. The molecule has 1 fully saturated rings.